The molecule has 2 aromatic rings. The van der Waals surface area contributed by atoms with Crippen LogP contribution in [0.4, 0.5) is 0 Å². The van der Waals surface area contributed by atoms with E-state index in [4.69, 9.17) is 9.84 Å². The van der Waals surface area contributed by atoms with Crippen molar-refractivity contribution in [1.82, 2.24) is 0 Å². The third-order valence-electron chi connectivity index (χ3n) is 3.78. The van der Waals surface area contributed by atoms with Gasteiger partial charge in [0.25, 0.3) is 0 Å². The van der Waals surface area contributed by atoms with E-state index in [0.29, 0.717) is 0 Å². The Morgan fingerprint density at radius 3 is 2.91 bits per heavy atom. The van der Waals surface area contributed by atoms with Crippen LogP contribution >= 0.6 is 11.3 Å². The lowest BCUT2D eigenvalue weighted by molar-refractivity contribution is -0.135. The van der Waals surface area contributed by atoms with E-state index in [-0.39, 0.29) is 18.6 Å². The van der Waals surface area contributed by atoms with Crippen molar-refractivity contribution in [3.8, 4) is 0 Å². The van der Waals surface area contributed by atoms with E-state index in [2.05, 4.69) is 0 Å². The highest BCUT2D eigenvalue weighted by atomic mass is 32.1. The molecule has 22 heavy (non-hydrogen) atoms. The summed E-state index contributed by atoms with van der Waals surface area (Å²) in [6, 6.07) is 7.98. The Hall–Kier alpha value is -1.73. The quantitative estimate of drug-likeness (QED) is 0.801. The molecule has 3 rings (SSSR count). The Labute approximate surface area is 131 Å². The summed E-state index contributed by atoms with van der Waals surface area (Å²) in [4.78, 5) is 11.0. The predicted molar refractivity (Wildman–Crippen MR) is 82.8 cm³/mol. The van der Waals surface area contributed by atoms with Crippen molar-refractivity contribution < 1.29 is 24.9 Å². The largest absolute Gasteiger partial charge is 0.478 e. The number of carboxylic acids is 1. The van der Waals surface area contributed by atoms with Crippen LogP contribution in [0.5, 0.6) is 0 Å². The summed E-state index contributed by atoms with van der Waals surface area (Å²) in [5, 5.41) is 31.8. The zero-order valence-electron chi connectivity index (χ0n) is 11.7. The first-order valence-electron chi connectivity index (χ1n) is 6.92. The summed E-state index contributed by atoms with van der Waals surface area (Å²) < 4.78 is 6.83. The summed E-state index contributed by atoms with van der Waals surface area (Å²) in [7, 11) is 0. The molecule has 3 atom stereocenters. The molecule has 0 fully saturated rings. The van der Waals surface area contributed by atoms with Crippen molar-refractivity contribution >= 4 is 27.4 Å². The van der Waals surface area contributed by atoms with Gasteiger partial charge in [-0.2, -0.15) is 0 Å². The molecule has 3 N–H and O–H groups in total. The number of benzene rings is 1. The maximum atomic E-state index is 11.0. The minimum atomic E-state index is -1.22. The molecule has 5 nitrogen and oxygen atoms in total. The summed E-state index contributed by atoms with van der Waals surface area (Å²) in [5.74, 6) is -1.10. The second-order valence-electron chi connectivity index (χ2n) is 5.32. The number of rotatable bonds is 4. The van der Waals surface area contributed by atoms with Gasteiger partial charge in [-0.3, -0.25) is 0 Å². The lowest BCUT2D eigenvalue weighted by Gasteiger charge is -2.30. The van der Waals surface area contributed by atoms with E-state index in [9.17, 15) is 15.0 Å². The first-order chi connectivity index (χ1) is 10.5. The van der Waals surface area contributed by atoms with Gasteiger partial charge in [0.2, 0.25) is 0 Å². The van der Waals surface area contributed by atoms with Gasteiger partial charge in [-0.15, -0.1) is 11.3 Å². The third kappa shape index (κ3) is 3.05. The van der Waals surface area contributed by atoms with E-state index in [1.807, 2.05) is 29.6 Å². The van der Waals surface area contributed by atoms with Gasteiger partial charge in [-0.1, -0.05) is 6.07 Å². The molecule has 1 heterocycles. The van der Waals surface area contributed by atoms with Crippen LogP contribution in [0.1, 0.15) is 12.0 Å². The molecule has 0 saturated carbocycles. The second-order valence-corrected chi connectivity index (χ2v) is 6.27. The number of carbonyl (C=O) groups is 1. The molecule has 1 aliphatic carbocycles. The lowest BCUT2D eigenvalue weighted by atomic mass is 9.92. The van der Waals surface area contributed by atoms with Gasteiger partial charge in [0.1, 0.15) is 12.2 Å². The monoisotopic (exact) mass is 320 g/mol. The van der Waals surface area contributed by atoms with Crippen molar-refractivity contribution in [1.29, 1.82) is 0 Å². The Morgan fingerprint density at radius 2 is 2.14 bits per heavy atom. The number of fused-ring (bicyclic) bond motifs is 1. The lowest BCUT2D eigenvalue weighted by Crippen LogP contribution is -2.42. The zero-order chi connectivity index (χ0) is 15.7. The van der Waals surface area contributed by atoms with Crippen LogP contribution in [-0.4, -0.2) is 39.6 Å². The smallest absolute Gasteiger partial charge is 0.331 e. The van der Waals surface area contributed by atoms with Crippen LogP contribution in [0.25, 0.3) is 10.1 Å². The van der Waals surface area contributed by atoms with E-state index in [1.54, 1.807) is 11.3 Å². The van der Waals surface area contributed by atoms with Crippen molar-refractivity contribution in [2.24, 2.45) is 0 Å². The topological polar surface area (TPSA) is 87.0 Å². The summed E-state index contributed by atoms with van der Waals surface area (Å²) in [5.41, 5.74) is 1.01. The average Bonchev–Trinajstić information content (AvgIpc) is 2.95. The molecule has 0 spiro atoms. The molecule has 1 aromatic carbocycles. The second kappa shape index (κ2) is 6.18. The predicted octanol–water partition coefficient (Wildman–Crippen LogP) is 1.92. The van der Waals surface area contributed by atoms with E-state index >= 15 is 0 Å². The number of hydrogen-bond acceptors (Lipinski definition) is 5. The standard InChI is InChI=1S/C16H16O5S/c17-12-6-11(16(19)20)7-13(15(12)18)21-8-9-1-2-14-10(5-9)3-4-22-14/h1-6,12-13,15,17-18H,7-8H2,(H,19,20)/t12-,13-,15-/m1/s1. The number of thiophene rings is 1. The van der Waals surface area contributed by atoms with Gasteiger partial charge >= 0.3 is 5.97 Å². The van der Waals surface area contributed by atoms with Gasteiger partial charge in [0, 0.05) is 16.7 Å². The minimum absolute atomic E-state index is 0.0658. The maximum Gasteiger partial charge on any atom is 0.331 e. The fourth-order valence-corrected chi connectivity index (χ4v) is 3.33. The van der Waals surface area contributed by atoms with Crippen molar-refractivity contribution in [3.05, 3.63) is 46.9 Å². The van der Waals surface area contributed by atoms with Gasteiger partial charge in [-0.25, -0.2) is 4.79 Å². The number of aliphatic hydroxyl groups excluding tert-OH is 2. The molecule has 1 aromatic heterocycles. The van der Waals surface area contributed by atoms with Crippen molar-refractivity contribution in [2.75, 3.05) is 0 Å². The molecule has 0 amide bonds. The Kier molecular flexibility index (Phi) is 4.26. The number of aliphatic hydroxyl groups is 2. The Bertz CT molecular complexity index is 720. The highest BCUT2D eigenvalue weighted by Crippen LogP contribution is 2.25. The molecule has 1 aliphatic rings. The van der Waals surface area contributed by atoms with Crippen LogP contribution in [-0.2, 0) is 16.1 Å². The van der Waals surface area contributed by atoms with Crippen LogP contribution in [0.3, 0.4) is 0 Å². The first-order valence-corrected chi connectivity index (χ1v) is 7.80. The summed E-state index contributed by atoms with van der Waals surface area (Å²) in [6.07, 6.45) is -1.82. The van der Waals surface area contributed by atoms with Crippen LogP contribution in [0, 0.1) is 0 Å². The van der Waals surface area contributed by atoms with E-state index in [0.717, 1.165) is 10.9 Å². The molecule has 116 valence electrons. The average molecular weight is 320 g/mol. The SMILES string of the molecule is O=C(O)C1=C[C@@H](O)[C@@H](O)[C@H](OCc2ccc3sccc3c2)C1. The molecular formula is C16H16O5S. The molecule has 6 heteroatoms. The van der Waals surface area contributed by atoms with E-state index < -0.39 is 24.3 Å². The van der Waals surface area contributed by atoms with Crippen molar-refractivity contribution in [3.63, 3.8) is 0 Å². The molecule has 0 unspecified atom stereocenters. The molecule has 0 bridgehead atoms. The van der Waals surface area contributed by atoms with Crippen molar-refractivity contribution in [2.45, 2.75) is 31.3 Å². The maximum absolute atomic E-state index is 11.0. The number of ether oxygens (including phenoxy) is 1. The van der Waals surface area contributed by atoms with Crippen LogP contribution in [0.2, 0.25) is 0 Å². The highest BCUT2D eigenvalue weighted by Gasteiger charge is 2.33. The fraction of sp³-hybridized carbons (Fsp3) is 0.312. The minimum Gasteiger partial charge on any atom is -0.478 e. The van der Waals surface area contributed by atoms with Gasteiger partial charge in [0.15, 0.2) is 0 Å². The Morgan fingerprint density at radius 1 is 1.32 bits per heavy atom. The molecule has 0 saturated heterocycles. The fourth-order valence-electron chi connectivity index (χ4n) is 2.56. The number of hydrogen-bond donors (Lipinski definition) is 3. The zero-order valence-corrected chi connectivity index (χ0v) is 12.5. The highest BCUT2D eigenvalue weighted by molar-refractivity contribution is 7.17. The van der Waals surface area contributed by atoms with Crippen LogP contribution in [0.15, 0.2) is 41.3 Å². The molecule has 0 aliphatic heterocycles. The summed E-state index contributed by atoms with van der Waals surface area (Å²) in [6.45, 7) is 0.257. The van der Waals surface area contributed by atoms with Gasteiger partial charge in [-0.05, 0) is 40.6 Å². The Balaban J connectivity index is 1.69. The van der Waals surface area contributed by atoms with Gasteiger partial charge in [0.05, 0.1) is 12.7 Å². The molecular weight excluding hydrogens is 304 g/mol. The molecule has 0 radical (unpaired) electrons. The van der Waals surface area contributed by atoms with Crippen LogP contribution < -0.4 is 0 Å². The number of carboxylic acid groups (broad SMARTS) is 1. The van der Waals surface area contributed by atoms with Gasteiger partial charge < -0.3 is 20.1 Å². The normalized spacial score (nSPS) is 25.2. The first kappa shape index (κ1) is 15.2. The number of aliphatic carboxylic acids is 1. The van der Waals surface area contributed by atoms with E-state index in [1.165, 1.54) is 10.8 Å². The third-order valence-corrected chi connectivity index (χ3v) is 4.68. The summed E-state index contributed by atoms with van der Waals surface area (Å²) >= 11 is 1.66.